The normalized spacial score (nSPS) is 10.6. The lowest BCUT2D eigenvalue weighted by Crippen LogP contribution is -3.00. The summed E-state index contributed by atoms with van der Waals surface area (Å²) in [6, 6.07) is 16.6. The Morgan fingerprint density at radius 2 is 1.80 bits per heavy atom. The van der Waals surface area contributed by atoms with Gasteiger partial charge in [0.2, 0.25) is 0 Å². The van der Waals surface area contributed by atoms with E-state index < -0.39 is 0 Å². The molecule has 0 spiro atoms. The lowest BCUT2D eigenvalue weighted by atomic mass is 10.2. The maximum absolute atomic E-state index is 6.09. The van der Waals surface area contributed by atoms with E-state index in [2.05, 4.69) is 53.4 Å². The zero-order valence-electron chi connectivity index (χ0n) is 11.5. The van der Waals surface area contributed by atoms with Crippen molar-refractivity contribution in [3.05, 3.63) is 64.9 Å². The highest BCUT2D eigenvalue weighted by Crippen LogP contribution is 2.18. The Morgan fingerprint density at radius 1 is 1.10 bits per heavy atom. The first-order valence-corrected chi connectivity index (χ1v) is 6.73. The van der Waals surface area contributed by atoms with Crippen molar-refractivity contribution in [3.8, 4) is 0 Å². The molecule has 0 aliphatic rings. The first-order valence-electron chi connectivity index (χ1n) is 6.35. The molecule has 1 heterocycles. The van der Waals surface area contributed by atoms with Crippen molar-refractivity contribution in [2.24, 2.45) is 7.05 Å². The van der Waals surface area contributed by atoms with Crippen LogP contribution in [0.4, 0.5) is 0 Å². The minimum Gasteiger partial charge on any atom is -1.00 e. The largest absolute Gasteiger partial charge is 1.00 e. The quantitative estimate of drug-likeness (QED) is 0.439. The van der Waals surface area contributed by atoms with Crippen LogP contribution in [0.5, 0.6) is 0 Å². The van der Waals surface area contributed by atoms with Crippen molar-refractivity contribution in [2.75, 3.05) is 0 Å². The van der Waals surface area contributed by atoms with E-state index in [-0.39, 0.29) is 24.0 Å². The van der Waals surface area contributed by atoms with Crippen LogP contribution in [-0.4, -0.2) is 4.57 Å². The van der Waals surface area contributed by atoms with Crippen LogP contribution in [0.1, 0.15) is 11.4 Å². The lowest BCUT2D eigenvalue weighted by molar-refractivity contribution is -0.669. The van der Waals surface area contributed by atoms with Gasteiger partial charge in [-0.1, -0.05) is 41.9 Å². The summed E-state index contributed by atoms with van der Waals surface area (Å²) in [7, 11) is 2.08. The molecule has 3 rings (SSSR count). The second-order valence-electron chi connectivity index (χ2n) is 4.81. The molecule has 0 radical (unpaired) electrons. The molecule has 0 aliphatic heterocycles. The fourth-order valence-corrected chi connectivity index (χ4v) is 2.66. The number of aromatic nitrogens is 2. The SMILES string of the molecule is Cc1n(C)c2cc(Cl)ccc2[n+]1Cc1ccccc1.[I-]. The molecule has 0 bridgehead atoms. The number of hydrogen-bond donors (Lipinski definition) is 0. The average molecular weight is 399 g/mol. The van der Waals surface area contributed by atoms with Crippen molar-refractivity contribution in [2.45, 2.75) is 13.5 Å². The Balaban J connectivity index is 0.00000147. The molecule has 0 saturated heterocycles. The van der Waals surface area contributed by atoms with E-state index in [4.69, 9.17) is 11.6 Å². The van der Waals surface area contributed by atoms with Gasteiger partial charge in [-0.05, 0) is 17.7 Å². The fourth-order valence-electron chi connectivity index (χ4n) is 2.49. The summed E-state index contributed by atoms with van der Waals surface area (Å²) in [6.45, 7) is 3.02. The predicted octanol–water partition coefficient (Wildman–Crippen LogP) is 0.480. The van der Waals surface area contributed by atoms with E-state index in [0.717, 1.165) is 11.6 Å². The topological polar surface area (TPSA) is 8.81 Å². The Morgan fingerprint density at radius 3 is 2.50 bits per heavy atom. The Bertz CT molecular complexity index is 735. The Labute approximate surface area is 141 Å². The molecule has 3 aromatic rings. The van der Waals surface area contributed by atoms with Gasteiger partial charge in [0.25, 0.3) is 5.82 Å². The van der Waals surface area contributed by atoms with Gasteiger partial charge >= 0.3 is 0 Å². The number of halogens is 2. The summed E-state index contributed by atoms with van der Waals surface area (Å²) >= 11 is 6.09. The Kier molecular flexibility index (Phi) is 4.70. The maximum Gasteiger partial charge on any atom is 0.254 e. The predicted molar refractivity (Wildman–Crippen MR) is 78.4 cm³/mol. The van der Waals surface area contributed by atoms with E-state index in [1.54, 1.807) is 0 Å². The van der Waals surface area contributed by atoms with Crippen LogP contribution in [0.25, 0.3) is 11.0 Å². The van der Waals surface area contributed by atoms with Crippen molar-refractivity contribution < 1.29 is 28.5 Å². The lowest BCUT2D eigenvalue weighted by Gasteiger charge is -2.00. The van der Waals surface area contributed by atoms with Crippen molar-refractivity contribution in [1.82, 2.24) is 4.57 Å². The van der Waals surface area contributed by atoms with Gasteiger partial charge in [-0.2, -0.15) is 0 Å². The van der Waals surface area contributed by atoms with Gasteiger partial charge in [-0.25, -0.2) is 9.13 Å². The van der Waals surface area contributed by atoms with E-state index in [0.29, 0.717) is 0 Å². The van der Waals surface area contributed by atoms with Gasteiger partial charge in [0.15, 0.2) is 11.0 Å². The van der Waals surface area contributed by atoms with Gasteiger partial charge < -0.3 is 24.0 Å². The molecule has 0 amide bonds. The highest BCUT2D eigenvalue weighted by Gasteiger charge is 2.19. The van der Waals surface area contributed by atoms with E-state index in [1.165, 1.54) is 22.4 Å². The third-order valence-corrected chi connectivity index (χ3v) is 3.88. The third-order valence-electron chi connectivity index (χ3n) is 3.65. The van der Waals surface area contributed by atoms with E-state index in [9.17, 15) is 0 Å². The molecule has 1 aromatic heterocycles. The number of benzene rings is 2. The Hall–Kier alpha value is -1.07. The molecule has 0 atom stereocenters. The summed E-state index contributed by atoms with van der Waals surface area (Å²) in [5, 5.41) is 0.778. The number of fused-ring (bicyclic) bond motifs is 1. The van der Waals surface area contributed by atoms with E-state index >= 15 is 0 Å². The second-order valence-corrected chi connectivity index (χ2v) is 5.25. The average Bonchev–Trinajstić information content (AvgIpc) is 2.65. The van der Waals surface area contributed by atoms with Crippen LogP contribution in [0.15, 0.2) is 48.5 Å². The van der Waals surface area contributed by atoms with Crippen LogP contribution in [0.3, 0.4) is 0 Å². The number of rotatable bonds is 2. The zero-order valence-corrected chi connectivity index (χ0v) is 14.4. The highest BCUT2D eigenvalue weighted by atomic mass is 127. The number of nitrogens with zero attached hydrogens (tertiary/aromatic N) is 2. The molecule has 104 valence electrons. The first-order chi connectivity index (χ1) is 9.16. The summed E-state index contributed by atoms with van der Waals surface area (Å²) < 4.78 is 4.51. The standard InChI is InChI=1S/C16H16ClN2.HI/c1-12-18(2)16-10-14(17)8-9-15(16)19(12)11-13-6-4-3-5-7-13;/h3-10H,11H2,1-2H3;1H/q+1;/p-1. The number of hydrogen-bond acceptors (Lipinski definition) is 0. The molecule has 2 nitrogen and oxygen atoms in total. The zero-order chi connectivity index (χ0) is 13.4. The van der Waals surface area contributed by atoms with Crippen LogP contribution in [-0.2, 0) is 13.6 Å². The van der Waals surface area contributed by atoms with Gasteiger partial charge in [0.05, 0.1) is 7.05 Å². The number of imidazole rings is 1. The van der Waals surface area contributed by atoms with Crippen LogP contribution in [0.2, 0.25) is 5.02 Å². The molecule has 0 saturated carbocycles. The molecule has 20 heavy (non-hydrogen) atoms. The summed E-state index contributed by atoms with van der Waals surface area (Å²) in [5.41, 5.74) is 3.69. The molecule has 0 aliphatic carbocycles. The van der Waals surface area contributed by atoms with Gasteiger partial charge in [-0.3, -0.25) is 0 Å². The molecule has 0 unspecified atom stereocenters. The van der Waals surface area contributed by atoms with Crippen molar-refractivity contribution in [3.63, 3.8) is 0 Å². The van der Waals surface area contributed by atoms with E-state index in [1.807, 2.05) is 18.2 Å². The van der Waals surface area contributed by atoms with Crippen LogP contribution < -0.4 is 28.5 Å². The van der Waals surface area contributed by atoms with Gasteiger partial charge in [0.1, 0.15) is 6.54 Å². The minimum atomic E-state index is 0. The summed E-state index contributed by atoms with van der Waals surface area (Å²) in [4.78, 5) is 0. The fraction of sp³-hybridized carbons (Fsp3) is 0.188. The summed E-state index contributed by atoms with van der Waals surface area (Å²) in [5.74, 6) is 1.22. The second kappa shape index (κ2) is 6.14. The summed E-state index contributed by atoms with van der Waals surface area (Å²) in [6.07, 6.45) is 0. The van der Waals surface area contributed by atoms with Crippen LogP contribution >= 0.6 is 11.6 Å². The monoisotopic (exact) mass is 398 g/mol. The van der Waals surface area contributed by atoms with Gasteiger partial charge in [-0.15, -0.1) is 0 Å². The molecular weight excluding hydrogens is 383 g/mol. The molecule has 4 heteroatoms. The molecule has 2 aromatic carbocycles. The smallest absolute Gasteiger partial charge is 0.254 e. The third kappa shape index (κ3) is 2.69. The molecule has 0 N–H and O–H groups in total. The molecular formula is C16H16ClIN2. The minimum absolute atomic E-state index is 0. The van der Waals surface area contributed by atoms with Crippen molar-refractivity contribution in [1.29, 1.82) is 0 Å². The van der Waals surface area contributed by atoms with Crippen LogP contribution in [0, 0.1) is 6.92 Å². The molecule has 0 fully saturated rings. The van der Waals surface area contributed by atoms with Gasteiger partial charge in [0, 0.05) is 18.0 Å². The highest BCUT2D eigenvalue weighted by molar-refractivity contribution is 6.31. The number of aryl methyl sites for hydroxylation is 1. The maximum atomic E-state index is 6.09. The first kappa shape index (κ1) is 15.3. The van der Waals surface area contributed by atoms with Crippen molar-refractivity contribution >= 4 is 22.6 Å².